The normalized spacial score (nSPS) is 32.6. The van der Waals surface area contributed by atoms with Crippen LogP contribution in [0.2, 0.25) is 0 Å². The largest absolute Gasteiger partial charge is 0.299 e. The number of hydrogen-bond acceptors (Lipinski definition) is 2. The molecule has 1 aliphatic carbocycles. The summed E-state index contributed by atoms with van der Waals surface area (Å²) in [6.07, 6.45) is 7.02. The van der Waals surface area contributed by atoms with E-state index in [1.54, 1.807) is 0 Å². The highest BCUT2D eigenvalue weighted by molar-refractivity contribution is 5.81. The van der Waals surface area contributed by atoms with E-state index in [-0.39, 0.29) is 0 Å². The molecule has 0 aromatic carbocycles. The Balaban J connectivity index is 1.90. The van der Waals surface area contributed by atoms with E-state index >= 15 is 0 Å². The third-order valence-electron chi connectivity index (χ3n) is 4.32. The van der Waals surface area contributed by atoms with Crippen molar-refractivity contribution in [2.24, 2.45) is 11.8 Å². The van der Waals surface area contributed by atoms with Crippen LogP contribution in [0.5, 0.6) is 0 Å². The van der Waals surface area contributed by atoms with E-state index in [0.29, 0.717) is 11.7 Å². The minimum Gasteiger partial charge on any atom is -0.299 e. The lowest BCUT2D eigenvalue weighted by Gasteiger charge is -2.32. The van der Waals surface area contributed by atoms with E-state index in [4.69, 9.17) is 0 Å². The second-order valence-corrected chi connectivity index (χ2v) is 5.86. The van der Waals surface area contributed by atoms with Gasteiger partial charge in [0.15, 0.2) is 0 Å². The van der Waals surface area contributed by atoms with Crippen molar-refractivity contribution >= 4 is 5.78 Å². The van der Waals surface area contributed by atoms with Gasteiger partial charge in [-0.25, -0.2) is 0 Å². The molecule has 1 heterocycles. The van der Waals surface area contributed by atoms with Crippen molar-refractivity contribution in [3.8, 4) is 0 Å². The van der Waals surface area contributed by atoms with Crippen LogP contribution >= 0.6 is 0 Å². The first-order valence-electron chi connectivity index (χ1n) is 6.95. The Bertz CT molecular complexity index is 249. The lowest BCUT2D eigenvalue weighted by molar-refractivity contribution is -0.125. The molecule has 0 N–H and O–H groups in total. The Kier molecular flexibility index (Phi) is 4.01. The van der Waals surface area contributed by atoms with Gasteiger partial charge >= 0.3 is 0 Å². The van der Waals surface area contributed by atoms with Crippen LogP contribution in [0.15, 0.2) is 0 Å². The van der Waals surface area contributed by atoms with Crippen LogP contribution in [0.3, 0.4) is 0 Å². The molecule has 2 atom stereocenters. The Hall–Kier alpha value is -0.370. The average molecular weight is 223 g/mol. The van der Waals surface area contributed by atoms with Gasteiger partial charge in [-0.3, -0.25) is 9.69 Å². The van der Waals surface area contributed by atoms with Crippen LogP contribution in [0.4, 0.5) is 0 Å². The second-order valence-electron chi connectivity index (χ2n) is 5.86. The van der Waals surface area contributed by atoms with Crippen LogP contribution in [-0.2, 0) is 4.79 Å². The first kappa shape index (κ1) is 12.1. The molecular formula is C14H25NO. The van der Waals surface area contributed by atoms with Gasteiger partial charge in [0.2, 0.25) is 0 Å². The predicted octanol–water partition coefficient (Wildman–Crippen LogP) is 2.87. The maximum absolute atomic E-state index is 11.8. The van der Waals surface area contributed by atoms with Crippen molar-refractivity contribution in [3.63, 3.8) is 0 Å². The SMILES string of the molecule is CC(C)C1CCCN1CC1CCCCC1=O. The van der Waals surface area contributed by atoms with Gasteiger partial charge in [-0.2, -0.15) is 0 Å². The monoisotopic (exact) mass is 223 g/mol. The van der Waals surface area contributed by atoms with Crippen LogP contribution in [-0.4, -0.2) is 29.8 Å². The smallest absolute Gasteiger partial charge is 0.137 e. The zero-order chi connectivity index (χ0) is 11.5. The number of hydrogen-bond donors (Lipinski definition) is 0. The molecule has 2 aliphatic rings. The van der Waals surface area contributed by atoms with Gasteiger partial charge < -0.3 is 0 Å². The fraction of sp³-hybridized carbons (Fsp3) is 0.929. The number of carbonyl (C=O) groups excluding carboxylic acids is 1. The number of nitrogens with zero attached hydrogens (tertiary/aromatic N) is 1. The minimum atomic E-state index is 0.355. The molecule has 0 aromatic heterocycles. The molecule has 0 amide bonds. The molecule has 0 bridgehead atoms. The Labute approximate surface area is 99.4 Å². The average Bonchev–Trinajstić information content (AvgIpc) is 2.69. The van der Waals surface area contributed by atoms with E-state index < -0.39 is 0 Å². The summed E-state index contributed by atoms with van der Waals surface area (Å²) >= 11 is 0. The lowest BCUT2D eigenvalue weighted by Crippen LogP contribution is -2.39. The van der Waals surface area contributed by atoms with Crippen molar-refractivity contribution in [3.05, 3.63) is 0 Å². The summed E-state index contributed by atoms with van der Waals surface area (Å²) in [5, 5.41) is 0. The summed E-state index contributed by atoms with van der Waals surface area (Å²) in [6.45, 7) is 6.88. The summed E-state index contributed by atoms with van der Waals surface area (Å²) in [5.41, 5.74) is 0. The number of rotatable bonds is 3. The molecule has 2 nitrogen and oxygen atoms in total. The maximum Gasteiger partial charge on any atom is 0.137 e. The third kappa shape index (κ3) is 2.65. The standard InChI is InChI=1S/C14H25NO/c1-11(2)13-7-5-9-15(13)10-12-6-3-4-8-14(12)16/h11-13H,3-10H2,1-2H3. The van der Waals surface area contributed by atoms with Gasteiger partial charge in [0, 0.05) is 24.9 Å². The first-order valence-corrected chi connectivity index (χ1v) is 6.95. The summed E-state index contributed by atoms with van der Waals surface area (Å²) in [6, 6.07) is 0.731. The number of Topliss-reactive ketones (excluding diaryl/α,β-unsaturated/α-hetero) is 1. The maximum atomic E-state index is 11.8. The molecule has 2 rings (SSSR count). The Morgan fingerprint density at radius 1 is 1.25 bits per heavy atom. The molecule has 0 aromatic rings. The van der Waals surface area contributed by atoms with E-state index in [1.165, 1.54) is 25.8 Å². The van der Waals surface area contributed by atoms with Gasteiger partial charge in [-0.05, 0) is 38.1 Å². The van der Waals surface area contributed by atoms with Gasteiger partial charge in [0.25, 0.3) is 0 Å². The first-order chi connectivity index (χ1) is 7.68. The fourth-order valence-corrected chi connectivity index (χ4v) is 3.36. The summed E-state index contributed by atoms with van der Waals surface area (Å²) < 4.78 is 0. The third-order valence-corrected chi connectivity index (χ3v) is 4.32. The van der Waals surface area contributed by atoms with Gasteiger partial charge in [-0.15, -0.1) is 0 Å². The summed E-state index contributed by atoms with van der Waals surface area (Å²) in [4.78, 5) is 14.4. The summed E-state index contributed by atoms with van der Waals surface area (Å²) in [5.74, 6) is 1.62. The van der Waals surface area contributed by atoms with Crippen molar-refractivity contribution in [1.29, 1.82) is 0 Å². The quantitative estimate of drug-likeness (QED) is 0.733. The van der Waals surface area contributed by atoms with Crippen molar-refractivity contribution in [1.82, 2.24) is 4.90 Å². The molecule has 2 fully saturated rings. The molecule has 1 saturated heterocycles. The van der Waals surface area contributed by atoms with Crippen LogP contribution in [0.25, 0.3) is 0 Å². The number of likely N-dealkylation sites (tertiary alicyclic amines) is 1. The lowest BCUT2D eigenvalue weighted by atomic mass is 9.87. The van der Waals surface area contributed by atoms with Crippen molar-refractivity contribution in [2.75, 3.05) is 13.1 Å². The minimum absolute atomic E-state index is 0.355. The predicted molar refractivity (Wildman–Crippen MR) is 66.4 cm³/mol. The number of ketones is 1. The molecule has 1 saturated carbocycles. The zero-order valence-corrected chi connectivity index (χ0v) is 10.7. The highest BCUT2D eigenvalue weighted by Crippen LogP contribution is 2.28. The Morgan fingerprint density at radius 3 is 2.75 bits per heavy atom. The van der Waals surface area contributed by atoms with Crippen LogP contribution < -0.4 is 0 Å². The molecule has 16 heavy (non-hydrogen) atoms. The molecule has 92 valence electrons. The summed E-state index contributed by atoms with van der Waals surface area (Å²) in [7, 11) is 0. The topological polar surface area (TPSA) is 20.3 Å². The van der Waals surface area contributed by atoms with E-state index in [1.807, 2.05) is 0 Å². The fourth-order valence-electron chi connectivity index (χ4n) is 3.36. The van der Waals surface area contributed by atoms with Crippen molar-refractivity contribution < 1.29 is 4.79 Å². The van der Waals surface area contributed by atoms with E-state index in [0.717, 1.165) is 37.8 Å². The molecule has 2 heteroatoms. The van der Waals surface area contributed by atoms with Gasteiger partial charge in [-0.1, -0.05) is 20.3 Å². The van der Waals surface area contributed by atoms with Crippen molar-refractivity contribution in [2.45, 2.75) is 58.4 Å². The molecule has 1 aliphatic heterocycles. The highest BCUT2D eigenvalue weighted by atomic mass is 16.1. The second kappa shape index (κ2) is 5.31. The number of carbonyl (C=O) groups is 1. The van der Waals surface area contributed by atoms with Crippen LogP contribution in [0, 0.1) is 11.8 Å². The van der Waals surface area contributed by atoms with E-state index in [9.17, 15) is 4.79 Å². The Morgan fingerprint density at radius 2 is 2.06 bits per heavy atom. The van der Waals surface area contributed by atoms with Crippen LogP contribution in [0.1, 0.15) is 52.4 Å². The highest BCUT2D eigenvalue weighted by Gasteiger charge is 2.31. The molecule has 0 spiro atoms. The van der Waals surface area contributed by atoms with Gasteiger partial charge in [0.1, 0.15) is 5.78 Å². The molecule has 0 radical (unpaired) electrons. The van der Waals surface area contributed by atoms with E-state index in [2.05, 4.69) is 18.7 Å². The zero-order valence-electron chi connectivity index (χ0n) is 10.7. The molecule has 2 unspecified atom stereocenters. The molecular weight excluding hydrogens is 198 g/mol. The van der Waals surface area contributed by atoms with Gasteiger partial charge in [0.05, 0.1) is 0 Å².